The highest BCUT2D eigenvalue weighted by Gasteiger charge is 2.29. The summed E-state index contributed by atoms with van der Waals surface area (Å²) in [5, 5.41) is 6.83. The van der Waals surface area contributed by atoms with E-state index in [4.69, 9.17) is 16.2 Å². The minimum Gasteiger partial charge on any atom is -0.394 e. The number of carbonyl (C=O) groups excluding carboxylic acids is 1. The quantitative estimate of drug-likeness (QED) is 0.634. The summed E-state index contributed by atoms with van der Waals surface area (Å²) in [5.41, 5.74) is 11.9. The van der Waals surface area contributed by atoms with E-state index in [1.807, 2.05) is 0 Å². The molecule has 0 aromatic carbocycles. The van der Waals surface area contributed by atoms with Crippen LogP contribution in [-0.4, -0.2) is 40.7 Å². The fourth-order valence-electron chi connectivity index (χ4n) is 3.50. The van der Waals surface area contributed by atoms with Crippen LogP contribution in [0.15, 0.2) is 6.20 Å². The molecule has 2 aliphatic rings. The molecule has 1 aromatic heterocycles. The minimum absolute atomic E-state index is 0.00788. The van der Waals surface area contributed by atoms with Crippen LogP contribution in [0.4, 0.5) is 17.5 Å². The van der Waals surface area contributed by atoms with Crippen LogP contribution in [0.2, 0.25) is 0 Å². The predicted octanol–water partition coefficient (Wildman–Crippen LogP) is 1.50. The first-order chi connectivity index (χ1) is 12.0. The second kappa shape index (κ2) is 7.43. The van der Waals surface area contributed by atoms with Crippen LogP contribution < -0.4 is 22.1 Å². The van der Waals surface area contributed by atoms with E-state index < -0.39 is 0 Å². The standard InChI is InChI=1S/C17H28N6O2/c1-17(6-8-25-9-7-17)23-16-20-10-13(18)15(22-16)21-12-4-2-11(3-5-12)14(19)24/h10-12H,2-9,18H2,1H3,(H2,19,24)(H2,20,21,22,23). The molecule has 1 aliphatic heterocycles. The lowest BCUT2D eigenvalue weighted by molar-refractivity contribution is -0.122. The molecule has 1 saturated heterocycles. The van der Waals surface area contributed by atoms with Gasteiger partial charge in [-0.2, -0.15) is 4.98 Å². The number of carbonyl (C=O) groups is 1. The van der Waals surface area contributed by atoms with E-state index in [0.717, 1.165) is 51.7 Å². The Morgan fingerprint density at radius 3 is 2.60 bits per heavy atom. The summed E-state index contributed by atoms with van der Waals surface area (Å²) in [4.78, 5) is 20.2. The number of aromatic nitrogens is 2. The zero-order valence-electron chi connectivity index (χ0n) is 14.8. The number of hydrogen-bond donors (Lipinski definition) is 4. The maximum Gasteiger partial charge on any atom is 0.225 e. The number of nitrogens with zero attached hydrogens (tertiary/aromatic N) is 2. The molecule has 8 heteroatoms. The number of rotatable bonds is 5. The van der Waals surface area contributed by atoms with E-state index in [1.54, 1.807) is 6.20 Å². The molecule has 2 heterocycles. The monoisotopic (exact) mass is 348 g/mol. The molecule has 1 aliphatic carbocycles. The van der Waals surface area contributed by atoms with Crippen LogP contribution in [0.3, 0.4) is 0 Å². The van der Waals surface area contributed by atoms with Gasteiger partial charge >= 0.3 is 0 Å². The average Bonchev–Trinajstić information content (AvgIpc) is 2.59. The normalized spacial score (nSPS) is 26.0. The Bertz CT molecular complexity index is 609. The van der Waals surface area contributed by atoms with Crippen molar-refractivity contribution in [2.24, 2.45) is 11.7 Å². The summed E-state index contributed by atoms with van der Waals surface area (Å²) in [5.74, 6) is 1.02. The molecule has 3 rings (SSSR count). The van der Waals surface area contributed by atoms with Crippen molar-refractivity contribution in [2.75, 3.05) is 29.6 Å². The smallest absolute Gasteiger partial charge is 0.225 e. The van der Waals surface area contributed by atoms with Gasteiger partial charge < -0.3 is 26.8 Å². The lowest BCUT2D eigenvalue weighted by Gasteiger charge is -2.34. The van der Waals surface area contributed by atoms with Crippen molar-refractivity contribution in [3.63, 3.8) is 0 Å². The first-order valence-electron chi connectivity index (χ1n) is 8.99. The van der Waals surface area contributed by atoms with Crippen LogP contribution in [0.5, 0.6) is 0 Å². The number of nitrogens with one attached hydrogen (secondary N) is 2. The van der Waals surface area contributed by atoms with Crippen LogP contribution in [0.1, 0.15) is 45.4 Å². The van der Waals surface area contributed by atoms with Crippen molar-refractivity contribution in [1.29, 1.82) is 0 Å². The van der Waals surface area contributed by atoms with E-state index in [-0.39, 0.29) is 23.4 Å². The van der Waals surface area contributed by atoms with Gasteiger partial charge in [0.15, 0.2) is 5.82 Å². The third kappa shape index (κ3) is 4.50. The fraction of sp³-hybridized carbons (Fsp3) is 0.706. The zero-order valence-corrected chi connectivity index (χ0v) is 14.8. The number of primary amides is 1. The van der Waals surface area contributed by atoms with Gasteiger partial charge in [-0.25, -0.2) is 4.98 Å². The molecule has 25 heavy (non-hydrogen) atoms. The van der Waals surface area contributed by atoms with E-state index in [0.29, 0.717) is 17.5 Å². The van der Waals surface area contributed by atoms with Gasteiger partial charge in [-0.15, -0.1) is 0 Å². The molecule has 1 saturated carbocycles. The molecule has 1 aromatic rings. The van der Waals surface area contributed by atoms with Gasteiger partial charge in [0.25, 0.3) is 0 Å². The fourth-order valence-corrected chi connectivity index (χ4v) is 3.50. The number of nitrogens with two attached hydrogens (primary N) is 2. The lowest BCUT2D eigenvalue weighted by Crippen LogP contribution is -2.41. The zero-order chi connectivity index (χ0) is 17.9. The molecule has 0 radical (unpaired) electrons. The summed E-state index contributed by atoms with van der Waals surface area (Å²) in [6, 6.07) is 0.249. The Labute approximate surface area is 148 Å². The van der Waals surface area contributed by atoms with Gasteiger partial charge in [-0.05, 0) is 45.4 Å². The van der Waals surface area contributed by atoms with Crippen molar-refractivity contribution in [2.45, 2.75) is 57.0 Å². The maximum atomic E-state index is 11.3. The molecule has 0 unspecified atom stereocenters. The van der Waals surface area contributed by atoms with Crippen LogP contribution in [-0.2, 0) is 9.53 Å². The number of nitrogen functional groups attached to an aromatic ring is 1. The van der Waals surface area contributed by atoms with Crippen LogP contribution >= 0.6 is 0 Å². The van der Waals surface area contributed by atoms with Gasteiger partial charge in [0.1, 0.15) is 0 Å². The number of ether oxygens (including phenoxy) is 1. The van der Waals surface area contributed by atoms with Gasteiger partial charge in [-0.3, -0.25) is 4.79 Å². The molecular weight excluding hydrogens is 320 g/mol. The molecule has 0 bridgehead atoms. The average molecular weight is 348 g/mol. The lowest BCUT2D eigenvalue weighted by atomic mass is 9.85. The maximum absolute atomic E-state index is 11.3. The largest absolute Gasteiger partial charge is 0.394 e. The first kappa shape index (κ1) is 17.7. The topological polar surface area (TPSA) is 128 Å². The Balaban J connectivity index is 1.63. The van der Waals surface area contributed by atoms with Crippen molar-refractivity contribution in [3.05, 3.63) is 6.20 Å². The van der Waals surface area contributed by atoms with E-state index in [9.17, 15) is 4.79 Å². The molecule has 138 valence electrons. The van der Waals surface area contributed by atoms with E-state index in [1.165, 1.54) is 0 Å². The second-order valence-corrected chi connectivity index (χ2v) is 7.39. The second-order valence-electron chi connectivity index (χ2n) is 7.39. The molecule has 1 amide bonds. The van der Waals surface area contributed by atoms with Gasteiger partial charge in [0, 0.05) is 30.7 Å². The number of hydrogen-bond acceptors (Lipinski definition) is 7. The Kier molecular flexibility index (Phi) is 5.27. The third-order valence-corrected chi connectivity index (χ3v) is 5.30. The molecule has 8 nitrogen and oxygen atoms in total. The third-order valence-electron chi connectivity index (χ3n) is 5.30. The summed E-state index contributed by atoms with van der Waals surface area (Å²) < 4.78 is 5.43. The highest BCUT2D eigenvalue weighted by Crippen LogP contribution is 2.29. The summed E-state index contributed by atoms with van der Waals surface area (Å²) in [6.07, 6.45) is 6.85. The molecular formula is C17H28N6O2. The van der Waals surface area contributed by atoms with E-state index >= 15 is 0 Å². The SMILES string of the molecule is CC1(Nc2ncc(N)c(NC3CCC(C(N)=O)CC3)n2)CCOCC1. The first-order valence-corrected chi connectivity index (χ1v) is 8.99. The van der Waals surface area contributed by atoms with Gasteiger partial charge in [0.2, 0.25) is 11.9 Å². The molecule has 0 atom stereocenters. The Hall–Kier alpha value is -2.09. The summed E-state index contributed by atoms with van der Waals surface area (Å²) in [7, 11) is 0. The number of anilines is 3. The van der Waals surface area contributed by atoms with Gasteiger partial charge in [0.05, 0.1) is 11.9 Å². The van der Waals surface area contributed by atoms with E-state index in [2.05, 4.69) is 27.5 Å². The Morgan fingerprint density at radius 1 is 1.28 bits per heavy atom. The highest BCUT2D eigenvalue weighted by atomic mass is 16.5. The minimum atomic E-state index is -0.198. The summed E-state index contributed by atoms with van der Waals surface area (Å²) in [6.45, 7) is 3.65. The van der Waals surface area contributed by atoms with Crippen molar-refractivity contribution in [3.8, 4) is 0 Å². The molecule has 2 fully saturated rings. The van der Waals surface area contributed by atoms with Gasteiger partial charge in [-0.1, -0.05) is 0 Å². The van der Waals surface area contributed by atoms with Crippen molar-refractivity contribution in [1.82, 2.24) is 9.97 Å². The molecule has 0 spiro atoms. The molecule has 6 N–H and O–H groups in total. The highest BCUT2D eigenvalue weighted by molar-refractivity contribution is 5.76. The van der Waals surface area contributed by atoms with Crippen LogP contribution in [0.25, 0.3) is 0 Å². The Morgan fingerprint density at radius 2 is 1.96 bits per heavy atom. The summed E-state index contributed by atoms with van der Waals surface area (Å²) >= 11 is 0. The number of amides is 1. The van der Waals surface area contributed by atoms with Crippen LogP contribution in [0, 0.1) is 5.92 Å². The van der Waals surface area contributed by atoms with Crippen molar-refractivity contribution < 1.29 is 9.53 Å². The van der Waals surface area contributed by atoms with Crippen molar-refractivity contribution >= 4 is 23.4 Å². The predicted molar refractivity (Wildman–Crippen MR) is 97.1 cm³/mol.